The molecule has 3 aliphatic rings. The second-order valence-corrected chi connectivity index (χ2v) is 8.76. The maximum atomic E-state index is 13.7. The first-order chi connectivity index (χ1) is 17.2. The van der Waals surface area contributed by atoms with E-state index in [9.17, 15) is 9.59 Å². The molecule has 0 aliphatic carbocycles. The fraction of sp³-hybridized carbons (Fsp3) is 0.214. The zero-order valence-corrected chi connectivity index (χ0v) is 19.2. The van der Waals surface area contributed by atoms with E-state index in [1.165, 1.54) is 17.7 Å². The van der Waals surface area contributed by atoms with Crippen LogP contribution in [0.2, 0.25) is 0 Å². The molecular formula is C28H25N3O4. The van der Waals surface area contributed by atoms with Crippen molar-refractivity contribution in [3.8, 4) is 11.5 Å². The van der Waals surface area contributed by atoms with Gasteiger partial charge in [-0.25, -0.2) is 4.90 Å². The van der Waals surface area contributed by atoms with Gasteiger partial charge in [0.1, 0.15) is 18.9 Å². The van der Waals surface area contributed by atoms with Gasteiger partial charge in [0, 0.05) is 30.5 Å². The van der Waals surface area contributed by atoms with Gasteiger partial charge >= 0.3 is 0 Å². The smallest absolute Gasteiger partial charge is 0.282 e. The Morgan fingerprint density at radius 3 is 2.14 bits per heavy atom. The molecule has 3 aliphatic heterocycles. The highest BCUT2D eigenvalue weighted by Crippen LogP contribution is 2.38. The molecule has 3 heterocycles. The average Bonchev–Trinajstić information content (AvgIpc) is 3.52. The molecule has 0 atom stereocenters. The molecule has 3 aromatic carbocycles. The van der Waals surface area contributed by atoms with Crippen molar-refractivity contribution in [1.29, 1.82) is 0 Å². The van der Waals surface area contributed by atoms with Gasteiger partial charge in [-0.1, -0.05) is 30.3 Å². The number of hydrogen-bond donors (Lipinski definition) is 1. The monoisotopic (exact) mass is 467 g/mol. The fourth-order valence-electron chi connectivity index (χ4n) is 4.80. The number of nitrogens with one attached hydrogen (secondary N) is 1. The number of carbonyl (C=O) groups excluding carboxylic acids is 2. The van der Waals surface area contributed by atoms with Crippen molar-refractivity contribution in [3.63, 3.8) is 0 Å². The number of carbonyl (C=O) groups is 2. The molecule has 1 N–H and O–H groups in total. The fourth-order valence-corrected chi connectivity index (χ4v) is 4.80. The summed E-state index contributed by atoms with van der Waals surface area (Å²) in [7, 11) is 0. The number of imide groups is 1. The molecule has 2 amide bonds. The van der Waals surface area contributed by atoms with Gasteiger partial charge < -0.3 is 19.7 Å². The highest BCUT2D eigenvalue weighted by atomic mass is 16.6. The summed E-state index contributed by atoms with van der Waals surface area (Å²) in [5.74, 6) is 0.338. The van der Waals surface area contributed by atoms with Crippen molar-refractivity contribution in [2.45, 2.75) is 12.8 Å². The molecule has 0 saturated carbocycles. The number of ether oxygens (including phenoxy) is 2. The number of hydrogen-bond acceptors (Lipinski definition) is 6. The first-order valence-electron chi connectivity index (χ1n) is 11.9. The van der Waals surface area contributed by atoms with Crippen molar-refractivity contribution < 1.29 is 19.1 Å². The lowest BCUT2D eigenvalue weighted by Crippen LogP contribution is -2.32. The molecule has 3 aromatic rings. The van der Waals surface area contributed by atoms with Gasteiger partial charge in [-0.15, -0.1) is 0 Å². The highest BCUT2D eigenvalue weighted by Gasteiger charge is 2.40. The van der Waals surface area contributed by atoms with Gasteiger partial charge in [0.25, 0.3) is 11.8 Å². The predicted octanol–water partition coefficient (Wildman–Crippen LogP) is 4.45. The summed E-state index contributed by atoms with van der Waals surface area (Å²) in [6, 6.07) is 22.4. The minimum atomic E-state index is -0.408. The summed E-state index contributed by atoms with van der Waals surface area (Å²) in [6.07, 6.45) is 2.42. The quantitative estimate of drug-likeness (QED) is 0.559. The topological polar surface area (TPSA) is 71.1 Å². The molecule has 176 valence electrons. The Hall–Kier alpha value is -4.26. The molecule has 1 fully saturated rings. The van der Waals surface area contributed by atoms with E-state index in [4.69, 9.17) is 9.47 Å². The Bertz CT molecular complexity index is 1310. The third-order valence-corrected chi connectivity index (χ3v) is 6.54. The van der Waals surface area contributed by atoms with Gasteiger partial charge in [-0.3, -0.25) is 9.59 Å². The van der Waals surface area contributed by atoms with Crippen molar-refractivity contribution in [2.24, 2.45) is 0 Å². The average molecular weight is 468 g/mol. The number of amides is 2. The lowest BCUT2D eigenvalue weighted by atomic mass is 10.0. The maximum Gasteiger partial charge on any atom is 0.282 e. The summed E-state index contributed by atoms with van der Waals surface area (Å²) in [6.45, 7) is 3.02. The summed E-state index contributed by atoms with van der Waals surface area (Å²) in [5.41, 5.74) is 3.64. The van der Waals surface area contributed by atoms with Crippen molar-refractivity contribution in [1.82, 2.24) is 0 Å². The van der Waals surface area contributed by atoms with Crippen LogP contribution in [-0.4, -0.2) is 38.1 Å². The van der Waals surface area contributed by atoms with E-state index in [-0.39, 0.29) is 11.6 Å². The van der Waals surface area contributed by atoms with E-state index in [2.05, 4.69) is 22.3 Å². The van der Waals surface area contributed by atoms with Gasteiger partial charge in [0.05, 0.1) is 11.3 Å². The minimum Gasteiger partial charge on any atom is -0.486 e. The van der Waals surface area contributed by atoms with E-state index in [0.717, 1.165) is 24.5 Å². The Morgan fingerprint density at radius 1 is 0.714 bits per heavy atom. The van der Waals surface area contributed by atoms with Gasteiger partial charge in [0.15, 0.2) is 11.5 Å². The summed E-state index contributed by atoms with van der Waals surface area (Å²) in [5, 5.41) is 3.24. The Kier molecular flexibility index (Phi) is 5.37. The molecule has 0 unspecified atom stereocenters. The van der Waals surface area contributed by atoms with E-state index >= 15 is 0 Å². The van der Waals surface area contributed by atoms with Crippen LogP contribution in [0.3, 0.4) is 0 Å². The Morgan fingerprint density at radius 2 is 1.40 bits per heavy atom. The summed E-state index contributed by atoms with van der Waals surface area (Å²) in [4.78, 5) is 30.8. The number of benzene rings is 3. The van der Waals surface area contributed by atoms with Crippen LogP contribution in [0.1, 0.15) is 18.4 Å². The summed E-state index contributed by atoms with van der Waals surface area (Å²) >= 11 is 0. The Balaban J connectivity index is 1.35. The molecule has 0 radical (unpaired) electrons. The van der Waals surface area contributed by atoms with Gasteiger partial charge in [-0.2, -0.15) is 0 Å². The van der Waals surface area contributed by atoms with E-state index in [0.29, 0.717) is 41.5 Å². The molecule has 6 rings (SSSR count). The molecule has 0 bridgehead atoms. The predicted molar refractivity (Wildman–Crippen MR) is 135 cm³/mol. The van der Waals surface area contributed by atoms with Crippen LogP contribution in [0, 0.1) is 0 Å². The summed E-state index contributed by atoms with van der Waals surface area (Å²) < 4.78 is 11.3. The van der Waals surface area contributed by atoms with Gasteiger partial charge in [0.2, 0.25) is 0 Å². The lowest BCUT2D eigenvalue weighted by molar-refractivity contribution is -0.120. The van der Waals surface area contributed by atoms with Crippen LogP contribution in [0.5, 0.6) is 11.5 Å². The lowest BCUT2D eigenvalue weighted by Gasteiger charge is -2.21. The number of fused-ring (bicyclic) bond motifs is 1. The van der Waals surface area contributed by atoms with Crippen molar-refractivity contribution in [2.75, 3.05) is 41.4 Å². The number of anilines is 3. The van der Waals surface area contributed by atoms with Crippen LogP contribution in [0.4, 0.5) is 17.1 Å². The zero-order valence-electron chi connectivity index (χ0n) is 19.2. The maximum absolute atomic E-state index is 13.7. The van der Waals surface area contributed by atoms with Crippen LogP contribution in [0.25, 0.3) is 5.57 Å². The molecule has 1 saturated heterocycles. The van der Waals surface area contributed by atoms with Crippen LogP contribution < -0.4 is 24.6 Å². The van der Waals surface area contributed by atoms with E-state index < -0.39 is 5.91 Å². The zero-order chi connectivity index (χ0) is 23.8. The highest BCUT2D eigenvalue weighted by molar-refractivity contribution is 6.46. The number of rotatable bonds is 5. The standard InChI is InChI=1S/C28H25N3O4/c32-27-25(19-6-2-1-3-7-19)26(29-20-8-10-21(11-9-20)30-14-4-5-15-30)28(33)31(27)22-12-13-23-24(18-22)35-17-16-34-23/h1-3,6-13,18,29H,4-5,14-17H2. The van der Waals surface area contributed by atoms with Gasteiger partial charge in [-0.05, 0) is 54.8 Å². The van der Waals surface area contributed by atoms with Crippen molar-refractivity contribution >= 4 is 34.4 Å². The molecule has 0 aromatic heterocycles. The third kappa shape index (κ3) is 3.89. The second kappa shape index (κ2) is 8.83. The Labute approximate surface area is 203 Å². The second-order valence-electron chi connectivity index (χ2n) is 8.76. The van der Waals surface area contributed by atoms with Crippen LogP contribution in [0.15, 0.2) is 78.5 Å². The first-order valence-corrected chi connectivity index (χ1v) is 11.9. The molecular weight excluding hydrogens is 442 g/mol. The van der Waals surface area contributed by atoms with E-state index in [1.807, 2.05) is 42.5 Å². The van der Waals surface area contributed by atoms with Crippen LogP contribution >= 0.6 is 0 Å². The number of nitrogens with zero attached hydrogens (tertiary/aromatic N) is 2. The molecule has 7 heteroatoms. The minimum absolute atomic E-state index is 0.255. The molecule has 35 heavy (non-hydrogen) atoms. The molecule has 7 nitrogen and oxygen atoms in total. The molecule has 0 spiro atoms. The normalized spacial score (nSPS) is 17.4. The van der Waals surface area contributed by atoms with E-state index in [1.54, 1.807) is 18.2 Å². The van der Waals surface area contributed by atoms with Crippen molar-refractivity contribution in [3.05, 3.63) is 84.1 Å². The first kappa shape index (κ1) is 21.3. The SMILES string of the molecule is O=C1C(Nc2ccc(N3CCCC3)cc2)=C(c2ccccc2)C(=O)N1c1ccc2c(c1)OCCO2. The third-order valence-electron chi connectivity index (χ3n) is 6.54. The largest absolute Gasteiger partial charge is 0.486 e. The van der Waals surface area contributed by atoms with Crippen LogP contribution in [-0.2, 0) is 9.59 Å².